The molecular weight excluding hydrogens is 326 g/mol. The van der Waals surface area contributed by atoms with E-state index in [9.17, 15) is 13.2 Å². The molecule has 132 valence electrons. The fourth-order valence-corrected chi connectivity index (χ4v) is 4.54. The minimum atomic E-state index is -2.97. The van der Waals surface area contributed by atoms with E-state index in [1.54, 1.807) is 19.2 Å². The first kappa shape index (κ1) is 17.2. The molecule has 3 heterocycles. The van der Waals surface area contributed by atoms with Crippen LogP contribution in [0.15, 0.2) is 18.3 Å². The van der Waals surface area contributed by atoms with Crippen molar-refractivity contribution in [3.8, 4) is 0 Å². The Morgan fingerprint density at radius 3 is 2.46 bits per heavy atom. The molecule has 1 unspecified atom stereocenters. The van der Waals surface area contributed by atoms with E-state index in [0.717, 1.165) is 31.7 Å². The number of rotatable bonds is 2. The summed E-state index contributed by atoms with van der Waals surface area (Å²) in [4.78, 5) is 20.8. The van der Waals surface area contributed by atoms with Gasteiger partial charge in [-0.05, 0) is 37.8 Å². The SMILES string of the molecule is CC1CCN(C(=O)c2ccc(N3CCS(=O)(=O)C(C)C3)nc2)CC1. The van der Waals surface area contributed by atoms with Crippen LogP contribution in [0.2, 0.25) is 0 Å². The third-order valence-electron chi connectivity index (χ3n) is 5.13. The summed E-state index contributed by atoms with van der Waals surface area (Å²) in [6.07, 6.45) is 3.72. The van der Waals surface area contributed by atoms with Gasteiger partial charge in [0.15, 0.2) is 9.84 Å². The lowest BCUT2D eigenvalue weighted by Gasteiger charge is -2.32. The van der Waals surface area contributed by atoms with E-state index >= 15 is 0 Å². The molecule has 1 atom stereocenters. The third kappa shape index (κ3) is 3.55. The Morgan fingerprint density at radius 2 is 1.88 bits per heavy atom. The van der Waals surface area contributed by atoms with Crippen molar-refractivity contribution in [3.63, 3.8) is 0 Å². The first-order valence-corrected chi connectivity index (χ1v) is 10.3. The number of aromatic nitrogens is 1. The summed E-state index contributed by atoms with van der Waals surface area (Å²) in [5, 5.41) is -0.385. The molecule has 0 radical (unpaired) electrons. The highest BCUT2D eigenvalue weighted by Gasteiger charge is 2.30. The molecule has 24 heavy (non-hydrogen) atoms. The van der Waals surface area contributed by atoms with Crippen molar-refractivity contribution in [2.45, 2.75) is 31.9 Å². The zero-order valence-corrected chi connectivity index (χ0v) is 15.1. The first-order chi connectivity index (χ1) is 11.4. The molecule has 2 fully saturated rings. The molecule has 1 aromatic rings. The van der Waals surface area contributed by atoms with E-state index in [1.165, 1.54) is 0 Å². The van der Waals surface area contributed by atoms with E-state index in [0.29, 0.717) is 24.6 Å². The summed E-state index contributed by atoms with van der Waals surface area (Å²) in [6, 6.07) is 3.63. The summed E-state index contributed by atoms with van der Waals surface area (Å²) >= 11 is 0. The summed E-state index contributed by atoms with van der Waals surface area (Å²) < 4.78 is 23.6. The third-order valence-corrected chi connectivity index (χ3v) is 7.25. The number of hydrogen-bond donors (Lipinski definition) is 0. The zero-order valence-electron chi connectivity index (χ0n) is 14.3. The Morgan fingerprint density at radius 1 is 1.17 bits per heavy atom. The van der Waals surface area contributed by atoms with Crippen LogP contribution >= 0.6 is 0 Å². The lowest BCUT2D eigenvalue weighted by molar-refractivity contribution is 0.0697. The van der Waals surface area contributed by atoms with Gasteiger partial charge in [0.2, 0.25) is 0 Å². The molecule has 0 spiro atoms. The van der Waals surface area contributed by atoms with Gasteiger partial charge in [0.1, 0.15) is 5.82 Å². The minimum absolute atomic E-state index is 0.0375. The molecule has 7 heteroatoms. The largest absolute Gasteiger partial charge is 0.354 e. The van der Waals surface area contributed by atoms with Crippen molar-refractivity contribution in [2.75, 3.05) is 36.8 Å². The monoisotopic (exact) mass is 351 g/mol. The van der Waals surface area contributed by atoms with Crippen LogP contribution in [0.5, 0.6) is 0 Å². The Labute approximate surface area is 143 Å². The van der Waals surface area contributed by atoms with Gasteiger partial charge in [0.05, 0.1) is 16.6 Å². The second kappa shape index (κ2) is 6.70. The number of piperidine rings is 1. The van der Waals surface area contributed by atoms with Crippen molar-refractivity contribution in [3.05, 3.63) is 23.9 Å². The fraction of sp³-hybridized carbons (Fsp3) is 0.647. The van der Waals surface area contributed by atoms with Gasteiger partial charge in [0.25, 0.3) is 5.91 Å². The standard InChI is InChI=1S/C17H25N3O3S/c1-13-5-7-19(8-6-13)17(21)15-3-4-16(18-11-15)20-9-10-24(22,23)14(2)12-20/h3-4,11,13-14H,5-10,12H2,1-2H3. The second-order valence-electron chi connectivity index (χ2n) is 7.00. The van der Waals surface area contributed by atoms with Crippen LogP contribution in [-0.4, -0.2) is 61.4 Å². The van der Waals surface area contributed by atoms with E-state index < -0.39 is 9.84 Å². The normalized spacial score (nSPS) is 24.8. The van der Waals surface area contributed by atoms with Crippen LogP contribution in [0, 0.1) is 5.92 Å². The number of amides is 1. The van der Waals surface area contributed by atoms with Crippen LogP contribution < -0.4 is 4.90 Å². The van der Waals surface area contributed by atoms with Gasteiger partial charge in [0, 0.05) is 32.4 Å². The maximum atomic E-state index is 12.5. The highest BCUT2D eigenvalue weighted by atomic mass is 32.2. The highest BCUT2D eigenvalue weighted by Crippen LogP contribution is 2.21. The maximum absolute atomic E-state index is 12.5. The molecule has 2 aliphatic rings. The molecule has 2 saturated heterocycles. The highest BCUT2D eigenvalue weighted by molar-refractivity contribution is 7.92. The number of anilines is 1. The van der Waals surface area contributed by atoms with Gasteiger partial charge in [-0.1, -0.05) is 6.92 Å². The number of carbonyl (C=O) groups is 1. The zero-order chi connectivity index (χ0) is 17.3. The van der Waals surface area contributed by atoms with Crippen LogP contribution in [0.4, 0.5) is 5.82 Å². The molecular formula is C17H25N3O3S. The van der Waals surface area contributed by atoms with E-state index in [-0.39, 0.29) is 16.9 Å². The summed E-state index contributed by atoms with van der Waals surface area (Å²) in [5.41, 5.74) is 0.603. The summed E-state index contributed by atoms with van der Waals surface area (Å²) in [5.74, 6) is 1.62. The van der Waals surface area contributed by atoms with Gasteiger partial charge in [-0.3, -0.25) is 4.79 Å². The van der Waals surface area contributed by atoms with Crippen LogP contribution in [-0.2, 0) is 9.84 Å². The number of sulfone groups is 1. The molecule has 3 rings (SSSR count). The van der Waals surface area contributed by atoms with Gasteiger partial charge in [-0.25, -0.2) is 13.4 Å². The number of hydrogen-bond acceptors (Lipinski definition) is 5. The van der Waals surface area contributed by atoms with Crippen molar-refractivity contribution < 1.29 is 13.2 Å². The molecule has 0 aliphatic carbocycles. The Hall–Kier alpha value is -1.63. The number of nitrogens with zero attached hydrogens (tertiary/aromatic N) is 3. The Kier molecular flexibility index (Phi) is 4.80. The molecule has 0 bridgehead atoms. The molecule has 0 aromatic carbocycles. The quantitative estimate of drug-likeness (QED) is 0.809. The predicted molar refractivity (Wildman–Crippen MR) is 94.0 cm³/mol. The second-order valence-corrected chi connectivity index (χ2v) is 9.54. The van der Waals surface area contributed by atoms with Gasteiger partial charge >= 0.3 is 0 Å². The average molecular weight is 351 g/mol. The lowest BCUT2D eigenvalue weighted by atomic mass is 9.99. The number of pyridine rings is 1. The Balaban J connectivity index is 1.66. The van der Waals surface area contributed by atoms with Crippen molar-refractivity contribution in [2.24, 2.45) is 5.92 Å². The van der Waals surface area contributed by atoms with E-state index in [4.69, 9.17) is 0 Å². The van der Waals surface area contributed by atoms with Gasteiger partial charge in [-0.15, -0.1) is 0 Å². The van der Waals surface area contributed by atoms with E-state index in [2.05, 4.69) is 11.9 Å². The predicted octanol–water partition coefficient (Wildman–Crippen LogP) is 1.58. The molecule has 1 aromatic heterocycles. The smallest absolute Gasteiger partial charge is 0.255 e. The van der Waals surface area contributed by atoms with Crippen molar-refractivity contribution in [1.29, 1.82) is 0 Å². The lowest BCUT2D eigenvalue weighted by Crippen LogP contribution is -2.45. The van der Waals surface area contributed by atoms with Crippen LogP contribution in [0.3, 0.4) is 0 Å². The van der Waals surface area contributed by atoms with Crippen LogP contribution in [0.25, 0.3) is 0 Å². The molecule has 6 nitrogen and oxygen atoms in total. The fourth-order valence-electron chi connectivity index (χ4n) is 3.26. The van der Waals surface area contributed by atoms with Gasteiger partial charge < -0.3 is 9.80 Å². The Bertz CT molecular complexity index is 694. The van der Waals surface area contributed by atoms with Crippen LogP contribution in [0.1, 0.15) is 37.0 Å². The first-order valence-electron chi connectivity index (χ1n) is 8.58. The molecule has 2 aliphatic heterocycles. The minimum Gasteiger partial charge on any atom is -0.354 e. The summed E-state index contributed by atoms with van der Waals surface area (Å²) in [7, 11) is -2.97. The average Bonchev–Trinajstić information content (AvgIpc) is 2.58. The molecule has 1 amide bonds. The molecule has 0 saturated carbocycles. The summed E-state index contributed by atoms with van der Waals surface area (Å²) in [6.45, 7) is 6.48. The molecule has 0 N–H and O–H groups in total. The number of carbonyl (C=O) groups excluding carboxylic acids is 1. The van der Waals surface area contributed by atoms with Crippen molar-refractivity contribution >= 4 is 21.6 Å². The maximum Gasteiger partial charge on any atom is 0.255 e. The van der Waals surface area contributed by atoms with E-state index in [1.807, 2.05) is 15.9 Å². The van der Waals surface area contributed by atoms with Gasteiger partial charge in [-0.2, -0.15) is 0 Å². The van der Waals surface area contributed by atoms with Crippen molar-refractivity contribution in [1.82, 2.24) is 9.88 Å². The topological polar surface area (TPSA) is 70.6 Å². The number of likely N-dealkylation sites (tertiary alicyclic amines) is 1.